The SMILES string of the molecule is NCCOc1ccc(N2CCCC2=O)cc1. The van der Waals surface area contributed by atoms with Crippen molar-refractivity contribution in [1.29, 1.82) is 0 Å². The number of ether oxygens (including phenoxy) is 1. The average Bonchev–Trinajstić information content (AvgIpc) is 2.74. The first kappa shape index (κ1) is 11.0. The van der Waals surface area contributed by atoms with Gasteiger partial charge in [-0.3, -0.25) is 4.79 Å². The normalized spacial score (nSPS) is 15.6. The predicted molar refractivity (Wildman–Crippen MR) is 62.6 cm³/mol. The minimum absolute atomic E-state index is 0.204. The molecule has 1 aromatic rings. The van der Waals surface area contributed by atoms with Gasteiger partial charge in [0.2, 0.25) is 5.91 Å². The maximum Gasteiger partial charge on any atom is 0.227 e. The molecule has 16 heavy (non-hydrogen) atoms. The van der Waals surface area contributed by atoms with Crippen LogP contribution < -0.4 is 15.4 Å². The van der Waals surface area contributed by atoms with Crippen LogP contribution in [0.1, 0.15) is 12.8 Å². The summed E-state index contributed by atoms with van der Waals surface area (Å²) in [4.78, 5) is 13.3. The maximum atomic E-state index is 11.5. The highest BCUT2D eigenvalue weighted by Gasteiger charge is 2.21. The molecule has 2 N–H and O–H groups in total. The molecule has 0 saturated carbocycles. The molecule has 0 aliphatic carbocycles. The van der Waals surface area contributed by atoms with E-state index in [1.165, 1.54) is 0 Å². The molecule has 0 bridgehead atoms. The fourth-order valence-electron chi connectivity index (χ4n) is 1.82. The summed E-state index contributed by atoms with van der Waals surface area (Å²) in [7, 11) is 0. The first-order valence-electron chi connectivity index (χ1n) is 5.54. The Morgan fingerprint density at radius 2 is 2.06 bits per heavy atom. The molecule has 1 heterocycles. The van der Waals surface area contributed by atoms with E-state index >= 15 is 0 Å². The molecule has 4 heteroatoms. The number of carbonyl (C=O) groups is 1. The van der Waals surface area contributed by atoms with Crippen molar-refractivity contribution in [3.63, 3.8) is 0 Å². The van der Waals surface area contributed by atoms with Gasteiger partial charge in [-0.15, -0.1) is 0 Å². The molecular formula is C12H16N2O2. The lowest BCUT2D eigenvalue weighted by Gasteiger charge is -2.15. The first-order valence-corrected chi connectivity index (χ1v) is 5.54. The van der Waals surface area contributed by atoms with Gasteiger partial charge >= 0.3 is 0 Å². The Labute approximate surface area is 95.0 Å². The van der Waals surface area contributed by atoms with Crippen molar-refractivity contribution >= 4 is 11.6 Å². The van der Waals surface area contributed by atoms with E-state index in [0.717, 1.165) is 24.4 Å². The van der Waals surface area contributed by atoms with Crippen LogP contribution in [0.2, 0.25) is 0 Å². The number of benzene rings is 1. The van der Waals surface area contributed by atoms with Crippen LogP contribution in [0.3, 0.4) is 0 Å². The molecule has 0 spiro atoms. The topological polar surface area (TPSA) is 55.6 Å². The summed E-state index contributed by atoms with van der Waals surface area (Å²) in [5.74, 6) is 0.997. The molecule has 1 saturated heterocycles. The number of carbonyl (C=O) groups excluding carboxylic acids is 1. The van der Waals surface area contributed by atoms with Gasteiger partial charge in [-0.1, -0.05) is 0 Å². The molecule has 86 valence electrons. The van der Waals surface area contributed by atoms with Gasteiger partial charge < -0.3 is 15.4 Å². The van der Waals surface area contributed by atoms with Crippen LogP contribution in [0.4, 0.5) is 5.69 Å². The maximum absolute atomic E-state index is 11.5. The Balaban J connectivity index is 2.04. The fraction of sp³-hybridized carbons (Fsp3) is 0.417. The van der Waals surface area contributed by atoms with Crippen molar-refractivity contribution in [2.45, 2.75) is 12.8 Å². The lowest BCUT2D eigenvalue weighted by atomic mass is 10.3. The summed E-state index contributed by atoms with van der Waals surface area (Å²) >= 11 is 0. The Kier molecular flexibility index (Phi) is 3.41. The van der Waals surface area contributed by atoms with Crippen molar-refractivity contribution < 1.29 is 9.53 Å². The van der Waals surface area contributed by atoms with Crippen molar-refractivity contribution in [3.05, 3.63) is 24.3 Å². The summed E-state index contributed by atoms with van der Waals surface area (Å²) in [6, 6.07) is 7.57. The smallest absolute Gasteiger partial charge is 0.227 e. The number of anilines is 1. The van der Waals surface area contributed by atoms with Crippen LogP contribution in [0.15, 0.2) is 24.3 Å². The van der Waals surface area contributed by atoms with E-state index in [1.54, 1.807) is 0 Å². The van der Waals surface area contributed by atoms with E-state index < -0.39 is 0 Å². The number of hydrogen-bond acceptors (Lipinski definition) is 3. The third-order valence-electron chi connectivity index (χ3n) is 2.61. The Bertz CT molecular complexity index is 362. The van der Waals surface area contributed by atoms with Crippen molar-refractivity contribution in [1.82, 2.24) is 0 Å². The average molecular weight is 220 g/mol. The Hall–Kier alpha value is -1.55. The highest BCUT2D eigenvalue weighted by atomic mass is 16.5. The van der Waals surface area contributed by atoms with Gasteiger partial charge in [0.1, 0.15) is 12.4 Å². The monoisotopic (exact) mass is 220 g/mol. The molecule has 0 atom stereocenters. The molecule has 0 unspecified atom stereocenters. The summed E-state index contributed by atoms with van der Waals surface area (Å²) in [6.45, 7) is 1.84. The van der Waals surface area contributed by atoms with Crippen LogP contribution in [0.5, 0.6) is 5.75 Å². The predicted octanol–water partition coefficient (Wildman–Crippen LogP) is 1.15. The van der Waals surface area contributed by atoms with Gasteiger partial charge in [0.25, 0.3) is 0 Å². The molecule has 0 aromatic heterocycles. The summed E-state index contributed by atoms with van der Waals surface area (Å²) in [5, 5.41) is 0. The van der Waals surface area contributed by atoms with E-state index in [0.29, 0.717) is 19.6 Å². The van der Waals surface area contributed by atoms with Crippen LogP contribution in [0, 0.1) is 0 Å². The van der Waals surface area contributed by atoms with Gasteiger partial charge in [-0.2, -0.15) is 0 Å². The molecule has 1 fully saturated rings. The van der Waals surface area contributed by atoms with Crippen LogP contribution in [0.25, 0.3) is 0 Å². The third-order valence-corrected chi connectivity index (χ3v) is 2.61. The van der Waals surface area contributed by atoms with Crippen LogP contribution >= 0.6 is 0 Å². The second-order valence-electron chi connectivity index (χ2n) is 3.78. The molecule has 1 aliphatic rings. The lowest BCUT2D eigenvalue weighted by molar-refractivity contribution is -0.117. The quantitative estimate of drug-likeness (QED) is 0.828. The van der Waals surface area contributed by atoms with Crippen LogP contribution in [-0.4, -0.2) is 25.6 Å². The number of hydrogen-bond donors (Lipinski definition) is 1. The number of amides is 1. The second kappa shape index (κ2) is 4.99. The van der Waals surface area contributed by atoms with Gasteiger partial charge in [0, 0.05) is 25.2 Å². The zero-order valence-corrected chi connectivity index (χ0v) is 9.19. The Morgan fingerprint density at radius 1 is 1.31 bits per heavy atom. The minimum Gasteiger partial charge on any atom is -0.492 e. The lowest BCUT2D eigenvalue weighted by Crippen LogP contribution is -2.23. The van der Waals surface area contributed by atoms with E-state index in [2.05, 4.69) is 0 Å². The number of nitrogens with zero attached hydrogens (tertiary/aromatic N) is 1. The summed E-state index contributed by atoms with van der Waals surface area (Å²) < 4.78 is 5.37. The number of rotatable bonds is 4. The highest BCUT2D eigenvalue weighted by molar-refractivity contribution is 5.95. The molecule has 1 aliphatic heterocycles. The Morgan fingerprint density at radius 3 is 2.62 bits per heavy atom. The molecule has 1 aromatic carbocycles. The first-order chi connectivity index (χ1) is 7.81. The number of nitrogens with two attached hydrogens (primary N) is 1. The molecular weight excluding hydrogens is 204 g/mol. The zero-order chi connectivity index (χ0) is 11.4. The van der Waals surface area contributed by atoms with Crippen molar-refractivity contribution in [3.8, 4) is 5.75 Å². The van der Waals surface area contributed by atoms with Gasteiger partial charge in [-0.05, 0) is 30.7 Å². The molecule has 1 amide bonds. The summed E-state index contributed by atoms with van der Waals surface area (Å²) in [5.41, 5.74) is 6.29. The van der Waals surface area contributed by atoms with E-state index in [-0.39, 0.29) is 5.91 Å². The fourth-order valence-corrected chi connectivity index (χ4v) is 1.82. The summed E-state index contributed by atoms with van der Waals surface area (Å²) in [6.07, 6.45) is 1.61. The largest absolute Gasteiger partial charge is 0.492 e. The van der Waals surface area contributed by atoms with Gasteiger partial charge in [0.15, 0.2) is 0 Å². The second-order valence-corrected chi connectivity index (χ2v) is 3.78. The van der Waals surface area contributed by atoms with Crippen molar-refractivity contribution in [2.24, 2.45) is 5.73 Å². The molecule has 2 rings (SSSR count). The standard InChI is InChI=1S/C12H16N2O2/c13-7-9-16-11-5-3-10(4-6-11)14-8-1-2-12(14)15/h3-6H,1-2,7-9,13H2. The molecule has 0 radical (unpaired) electrons. The van der Waals surface area contributed by atoms with E-state index in [4.69, 9.17) is 10.5 Å². The van der Waals surface area contributed by atoms with Gasteiger partial charge in [0.05, 0.1) is 0 Å². The highest BCUT2D eigenvalue weighted by Crippen LogP contribution is 2.23. The van der Waals surface area contributed by atoms with E-state index in [9.17, 15) is 4.79 Å². The van der Waals surface area contributed by atoms with Crippen molar-refractivity contribution in [2.75, 3.05) is 24.6 Å². The van der Waals surface area contributed by atoms with Gasteiger partial charge in [-0.25, -0.2) is 0 Å². The molecule has 4 nitrogen and oxygen atoms in total. The third kappa shape index (κ3) is 2.33. The van der Waals surface area contributed by atoms with Crippen LogP contribution in [-0.2, 0) is 4.79 Å². The minimum atomic E-state index is 0.204. The zero-order valence-electron chi connectivity index (χ0n) is 9.19. The van der Waals surface area contributed by atoms with E-state index in [1.807, 2.05) is 29.2 Å².